The molecule has 0 radical (unpaired) electrons. The number of carbonyl (C=O) groups excluding carboxylic acids is 1. The van der Waals surface area contributed by atoms with E-state index in [1.165, 1.54) is 0 Å². The van der Waals surface area contributed by atoms with Crippen LogP contribution in [0.25, 0.3) is 39.6 Å². The lowest BCUT2D eigenvalue weighted by molar-refractivity contribution is 0.253. The van der Waals surface area contributed by atoms with Crippen molar-refractivity contribution < 1.29 is 4.79 Å². The Bertz CT molecular complexity index is 2050. The summed E-state index contributed by atoms with van der Waals surface area (Å²) in [5.74, 6) is 1.54. The zero-order chi connectivity index (χ0) is 30.4. The van der Waals surface area contributed by atoms with Gasteiger partial charge in [-0.15, -0.1) is 0 Å². The van der Waals surface area contributed by atoms with Gasteiger partial charge in [0.1, 0.15) is 5.82 Å². The maximum Gasteiger partial charge on any atom is 0.323 e. The molecule has 0 saturated heterocycles. The lowest BCUT2D eigenvalue weighted by atomic mass is 9.72. The second kappa shape index (κ2) is 10.8. The molecule has 6 aromatic rings. The zero-order valence-electron chi connectivity index (χ0n) is 24.5. The number of nitrogens with zero attached hydrogens (tertiary/aromatic N) is 3. The standard InChI is InChI=1S/C37H31N7O/c38-37(20-8-21-37)26-18-16-24(17-19-26)33-32(25-9-6-12-28(23-25)41-36(45)40-27-10-2-1-3-11-27)43-35-29-13-4-5-14-30(29)42-34-31(44(33)35)15-7-22-39-34/h1-7,9-19,22-23H,8,20-21,38H2,(H,39,42)(H2,40,41,45). The topological polar surface area (TPSA) is 110 Å². The van der Waals surface area contributed by atoms with Crippen LogP contribution in [0.15, 0.2) is 121 Å². The predicted molar refractivity (Wildman–Crippen MR) is 180 cm³/mol. The van der Waals surface area contributed by atoms with E-state index in [2.05, 4.69) is 56.9 Å². The van der Waals surface area contributed by atoms with E-state index in [9.17, 15) is 4.79 Å². The summed E-state index contributed by atoms with van der Waals surface area (Å²) in [7, 11) is 0. The maximum atomic E-state index is 12.9. The van der Waals surface area contributed by atoms with Gasteiger partial charge in [-0.2, -0.15) is 0 Å². The van der Waals surface area contributed by atoms with Crippen molar-refractivity contribution >= 4 is 28.9 Å². The van der Waals surface area contributed by atoms with E-state index in [0.29, 0.717) is 5.69 Å². The summed E-state index contributed by atoms with van der Waals surface area (Å²) in [6.45, 7) is 0. The Morgan fingerprint density at radius 3 is 2.36 bits per heavy atom. The first-order valence-electron chi connectivity index (χ1n) is 15.1. The van der Waals surface area contributed by atoms with Gasteiger partial charge in [-0.3, -0.25) is 4.57 Å². The summed E-state index contributed by atoms with van der Waals surface area (Å²) in [4.78, 5) is 22.9. The molecule has 0 bridgehead atoms. The third kappa shape index (κ3) is 4.81. The van der Waals surface area contributed by atoms with Crippen LogP contribution >= 0.6 is 0 Å². The summed E-state index contributed by atoms with van der Waals surface area (Å²) in [5, 5.41) is 9.40. The molecule has 2 aliphatic rings. The van der Waals surface area contributed by atoms with E-state index in [-0.39, 0.29) is 11.6 Å². The number of anilines is 4. The molecule has 2 aromatic heterocycles. The van der Waals surface area contributed by atoms with E-state index < -0.39 is 0 Å². The highest BCUT2D eigenvalue weighted by Crippen LogP contribution is 2.45. The van der Waals surface area contributed by atoms with Gasteiger partial charge in [0.05, 0.1) is 22.8 Å². The van der Waals surface area contributed by atoms with Crippen molar-refractivity contribution in [3.05, 3.63) is 127 Å². The van der Waals surface area contributed by atoms with Crippen LogP contribution in [-0.2, 0) is 5.54 Å². The number of carbonyl (C=O) groups is 1. The summed E-state index contributed by atoms with van der Waals surface area (Å²) in [6.07, 6.45) is 4.95. The number of urea groups is 1. The van der Waals surface area contributed by atoms with E-state index in [0.717, 1.165) is 81.6 Å². The Balaban J connectivity index is 1.28. The predicted octanol–water partition coefficient (Wildman–Crippen LogP) is 8.31. The molecule has 1 fully saturated rings. The molecule has 3 heterocycles. The fourth-order valence-corrected chi connectivity index (χ4v) is 6.26. The monoisotopic (exact) mass is 589 g/mol. The number of pyridine rings is 1. The molecule has 220 valence electrons. The van der Waals surface area contributed by atoms with Gasteiger partial charge in [-0.1, -0.05) is 66.7 Å². The van der Waals surface area contributed by atoms with Gasteiger partial charge in [0, 0.05) is 39.8 Å². The zero-order valence-corrected chi connectivity index (χ0v) is 24.5. The SMILES string of the molecule is NC1(c2ccc(-c3c(-c4cccc(NC(=O)Nc5ccccc5)c4)nc4n3-c3cccnc3Nc3ccccc3-4)cc2)CCC1. The van der Waals surface area contributed by atoms with Gasteiger partial charge < -0.3 is 21.7 Å². The second-order valence-electron chi connectivity index (χ2n) is 11.6. The quantitative estimate of drug-likeness (QED) is 0.161. The molecule has 0 spiro atoms. The number of nitrogens with one attached hydrogen (secondary N) is 3. The largest absolute Gasteiger partial charge is 0.338 e. The average molecular weight is 590 g/mol. The van der Waals surface area contributed by atoms with Crippen LogP contribution in [0.3, 0.4) is 0 Å². The van der Waals surface area contributed by atoms with Crippen LogP contribution in [-0.4, -0.2) is 20.6 Å². The summed E-state index contributed by atoms with van der Waals surface area (Å²) < 4.78 is 2.19. The second-order valence-corrected chi connectivity index (χ2v) is 11.6. The fraction of sp³-hybridized carbons (Fsp3) is 0.108. The van der Waals surface area contributed by atoms with Crippen LogP contribution < -0.4 is 21.7 Å². The minimum absolute atomic E-state index is 0.255. The Morgan fingerprint density at radius 1 is 0.800 bits per heavy atom. The van der Waals surface area contributed by atoms with E-state index in [4.69, 9.17) is 15.7 Å². The highest BCUT2D eigenvalue weighted by molar-refractivity contribution is 6.00. The van der Waals surface area contributed by atoms with Crippen molar-refractivity contribution in [1.82, 2.24) is 14.5 Å². The summed E-state index contributed by atoms with van der Waals surface area (Å²) in [6, 6.07) is 37.6. The molecule has 1 aliphatic heterocycles. The molecular weight excluding hydrogens is 558 g/mol. The van der Waals surface area contributed by atoms with Gasteiger partial charge in [0.25, 0.3) is 0 Å². The van der Waals surface area contributed by atoms with E-state index >= 15 is 0 Å². The Hall–Kier alpha value is -5.73. The number of aromatic nitrogens is 3. The molecule has 8 rings (SSSR count). The van der Waals surface area contributed by atoms with Crippen molar-refractivity contribution in [2.24, 2.45) is 5.73 Å². The summed E-state index contributed by atoms with van der Waals surface area (Å²) >= 11 is 0. The molecular formula is C37H31N7O. The van der Waals surface area contributed by atoms with Crippen LogP contribution in [0.2, 0.25) is 0 Å². The third-order valence-electron chi connectivity index (χ3n) is 8.73. The smallest absolute Gasteiger partial charge is 0.323 e. The third-order valence-corrected chi connectivity index (χ3v) is 8.73. The molecule has 4 aromatic carbocycles. The first-order valence-corrected chi connectivity index (χ1v) is 15.1. The van der Waals surface area contributed by atoms with Gasteiger partial charge in [0.15, 0.2) is 5.82 Å². The van der Waals surface area contributed by atoms with Crippen LogP contribution in [0.4, 0.5) is 27.7 Å². The maximum absolute atomic E-state index is 12.9. The molecule has 0 atom stereocenters. The average Bonchev–Trinajstić information content (AvgIpc) is 3.39. The Kier molecular flexibility index (Phi) is 6.43. The first kappa shape index (κ1) is 26.9. The lowest BCUT2D eigenvalue weighted by Gasteiger charge is -2.38. The van der Waals surface area contributed by atoms with E-state index in [1.54, 1.807) is 6.20 Å². The first-order chi connectivity index (χ1) is 22.1. The van der Waals surface area contributed by atoms with Crippen molar-refractivity contribution in [3.8, 4) is 39.6 Å². The van der Waals surface area contributed by atoms with Crippen molar-refractivity contribution in [2.75, 3.05) is 16.0 Å². The molecule has 1 saturated carbocycles. The van der Waals surface area contributed by atoms with Gasteiger partial charge >= 0.3 is 6.03 Å². The van der Waals surface area contributed by atoms with Gasteiger partial charge in [-0.25, -0.2) is 14.8 Å². The van der Waals surface area contributed by atoms with Crippen LogP contribution in [0.1, 0.15) is 24.8 Å². The number of imidazole rings is 1. The highest BCUT2D eigenvalue weighted by atomic mass is 16.2. The number of hydrogen-bond donors (Lipinski definition) is 4. The molecule has 0 unspecified atom stereocenters. The molecule has 45 heavy (non-hydrogen) atoms. The fourth-order valence-electron chi connectivity index (χ4n) is 6.26. The number of rotatable bonds is 5. The lowest BCUT2D eigenvalue weighted by Crippen LogP contribution is -2.43. The minimum Gasteiger partial charge on any atom is -0.338 e. The number of nitrogens with two attached hydrogens (primary N) is 1. The number of hydrogen-bond acceptors (Lipinski definition) is 5. The minimum atomic E-state index is -0.318. The molecule has 8 heteroatoms. The van der Waals surface area contributed by atoms with Crippen molar-refractivity contribution in [2.45, 2.75) is 24.8 Å². The Labute approximate surface area is 261 Å². The molecule has 8 nitrogen and oxygen atoms in total. The van der Waals surface area contributed by atoms with Gasteiger partial charge in [-0.05, 0) is 73.4 Å². The number of benzene rings is 4. The van der Waals surface area contributed by atoms with E-state index in [1.807, 2.05) is 78.9 Å². The van der Waals surface area contributed by atoms with Gasteiger partial charge in [0.2, 0.25) is 0 Å². The van der Waals surface area contributed by atoms with Crippen LogP contribution in [0.5, 0.6) is 0 Å². The van der Waals surface area contributed by atoms with Crippen molar-refractivity contribution in [3.63, 3.8) is 0 Å². The van der Waals surface area contributed by atoms with Crippen molar-refractivity contribution in [1.29, 1.82) is 0 Å². The normalized spacial score (nSPS) is 14.1. The number of fused-ring (bicyclic) bond motifs is 5. The summed E-state index contributed by atoms with van der Waals surface area (Å²) in [5.41, 5.74) is 15.4. The number of para-hydroxylation sites is 2. The number of amides is 2. The van der Waals surface area contributed by atoms with Crippen LogP contribution in [0, 0.1) is 0 Å². The molecule has 1 aliphatic carbocycles. The molecule has 2 amide bonds. The highest BCUT2D eigenvalue weighted by Gasteiger charge is 2.34. The Morgan fingerprint density at radius 2 is 1.56 bits per heavy atom. The molecule has 5 N–H and O–H groups in total.